The maximum Gasteiger partial charge on any atom is 0.287 e. The Bertz CT molecular complexity index is 662. The maximum atomic E-state index is 13.3. The molecular formula is C14H13F2N3O2. The minimum Gasteiger partial charge on any atom is -0.353 e. The first-order valence-electron chi connectivity index (χ1n) is 6.18. The summed E-state index contributed by atoms with van der Waals surface area (Å²) in [5.74, 6) is -1.32. The number of hydrogen-bond donors (Lipinski definition) is 0. The molecule has 0 aliphatic rings. The summed E-state index contributed by atoms with van der Waals surface area (Å²) in [4.78, 5) is 15.8. The molecule has 21 heavy (non-hydrogen) atoms. The van der Waals surface area contributed by atoms with Gasteiger partial charge in [0.05, 0.1) is 11.0 Å². The molecule has 2 aromatic rings. The summed E-state index contributed by atoms with van der Waals surface area (Å²) in [7, 11) is 1.72. The van der Waals surface area contributed by atoms with Gasteiger partial charge in [-0.15, -0.1) is 0 Å². The molecule has 1 aromatic carbocycles. The van der Waals surface area contributed by atoms with E-state index in [0.29, 0.717) is 11.4 Å². The molecule has 0 amide bonds. The van der Waals surface area contributed by atoms with E-state index in [0.717, 1.165) is 18.3 Å². The maximum absolute atomic E-state index is 13.3. The summed E-state index contributed by atoms with van der Waals surface area (Å²) in [5, 5.41) is 10.6. The summed E-state index contributed by atoms with van der Waals surface area (Å²) >= 11 is 0. The fraction of sp³-hybridized carbons (Fsp3) is 0.214. The van der Waals surface area contributed by atoms with Crippen LogP contribution in [0.15, 0.2) is 36.5 Å². The van der Waals surface area contributed by atoms with Gasteiger partial charge in [0.1, 0.15) is 12.0 Å². The molecule has 0 aliphatic carbocycles. The molecule has 0 bridgehead atoms. The lowest BCUT2D eigenvalue weighted by Gasteiger charge is -2.26. The first-order chi connectivity index (χ1) is 9.90. The van der Waals surface area contributed by atoms with Crippen LogP contribution in [0, 0.1) is 21.7 Å². The molecule has 1 unspecified atom stereocenters. The normalized spacial score (nSPS) is 12.0. The smallest absolute Gasteiger partial charge is 0.287 e. The number of nitrogens with zero attached hydrogens (tertiary/aromatic N) is 3. The molecule has 1 atom stereocenters. The molecule has 0 fully saturated rings. The summed E-state index contributed by atoms with van der Waals surface area (Å²) in [6, 6.07) is 6.27. The van der Waals surface area contributed by atoms with Crippen molar-refractivity contribution in [1.29, 1.82) is 0 Å². The van der Waals surface area contributed by atoms with Gasteiger partial charge in [0, 0.05) is 13.1 Å². The van der Waals surface area contributed by atoms with Gasteiger partial charge in [-0.2, -0.15) is 0 Å². The van der Waals surface area contributed by atoms with Crippen LogP contribution in [-0.2, 0) is 0 Å². The molecule has 110 valence electrons. The predicted molar refractivity (Wildman–Crippen MR) is 74.1 cm³/mol. The van der Waals surface area contributed by atoms with Gasteiger partial charge < -0.3 is 4.90 Å². The highest BCUT2D eigenvalue weighted by atomic mass is 19.2. The van der Waals surface area contributed by atoms with E-state index in [2.05, 4.69) is 4.98 Å². The van der Waals surface area contributed by atoms with Gasteiger partial charge in [0.25, 0.3) is 5.69 Å². The zero-order valence-corrected chi connectivity index (χ0v) is 11.5. The van der Waals surface area contributed by atoms with Crippen LogP contribution < -0.4 is 4.90 Å². The van der Waals surface area contributed by atoms with Crippen molar-refractivity contribution in [3.63, 3.8) is 0 Å². The van der Waals surface area contributed by atoms with Gasteiger partial charge in [-0.25, -0.2) is 13.8 Å². The lowest BCUT2D eigenvalue weighted by atomic mass is 10.1. The van der Waals surface area contributed by atoms with Crippen LogP contribution in [-0.4, -0.2) is 17.0 Å². The van der Waals surface area contributed by atoms with Crippen molar-refractivity contribution >= 4 is 11.5 Å². The van der Waals surface area contributed by atoms with Gasteiger partial charge >= 0.3 is 0 Å². The molecule has 0 spiro atoms. The van der Waals surface area contributed by atoms with E-state index in [1.165, 1.54) is 18.2 Å². The molecular weight excluding hydrogens is 280 g/mol. The van der Waals surface area contributed by atoms with E-state index >= 15 is 0 Å². The topological polar surface area (TPSA) is 59.3 Å². The molecule has 1 aromatic heterocycles. The van der Waals surface area contributed by atoms with Crippen molar-refractivity contribution in [2.24, 2.45) is 0 Å². The SMILES string of the molecule is CC(c1ccc(F)c(F)c1)N(C)c1ccc([N+](=O)[O-])cn1. The van der Waals surface area contributed by atoms with Gasteiger partial charge in [-0.05, 0) is 30.7 Å². The van der Waals surface area contributed by atoms with Crippen LogP contribution >= 0.6 is 0 Å². The van der Waals surface area contributed by atoms with Gasteiger partial charge in [0.2, 0.25) is 0 Å². The van der Waals surface area contributed by atoms with Crippen molar-refractivity contribution in [2.45, 2.75) is 13.0 Å². The fourth-order valence-corrected chi connectivity index (χ4v) is 1.89. The lowest BCUT2D eigenvalue weighted by molar-refractivity contribution is -0.385. The van der Waals surface area contributed by atoms with Crippen LogP contribution in [0.2, 0.25) is 0 Å². The van der Waals surface area contributed by atoms with Crippen molar-refractivity contribution in [3.8, 4) is 0 Å². The number of benzene rings is 1. The number of aromatic nitrogens is 1. The predicted octanol–water partition coefficient (Wildman–Crippen LogP) is 3.47. The van der Waals surface area contributed by atoms with Gasteiger partial charge in [-0.3, -0.25) is 10.1 Å². The quantitative estimate of drug-likeness (QED) is 0.639. The molecule has 0 radical (unpaired) electrons. The summed E-state index contributed by atoms with van der Waals surface area (Å²) < 4.78 is 26.2. The monoisotopic (exact) mass is 293 g/mol. The minimum absolute atomic E-state index is 0.104. The van der Waals surface area contributed by atoms with Crippen LogP contribution in [0.4, 0.5) is 20.3 Å². The average Bonchev–Trinajstić information content (AvgIpc) is 2.48. The van der Waals surface area contributed by atoms with E-state index in [-0.39, 0.29) is 11.7 Å². The molecule has 0 saturated carbocycles. The number of nitro groups is 1. The number of hydrogen-bond acceptors (Lipinski definition) is 4. The highest BCUT2D eigenvalue weighted by Gasteiger charge is 2.16. The summed E-state index contributed by atoms with van der Waals surface area (Å²) in [6.07, 6.45) is 1.16. The van der Waals surface area contributed by atoms with E-state index in [1.807, 2.05) is 0 Å². The Morgan fingerprint density at radius 3 is 2.48 bits per heavy atom. The lowest BCUT2D eigenvalue weighted by Crippen LogP contribution is -2.22. The third kappa shape index (κ3) is 3.13. The number of anilines is 1. The number of halogens is 2. The Labute approximate surface area is 120 Å². The zero-order chi connectivity index (χ0) is 15.6. The highest BCUT2D eigenvalue weighted by Crippen LogP contribution is 2.25. The molecule has 1 heterocycles. The zero-order valence-electron chi connectivity index (χ0n) is 11.5. The fourth-order valence-electron chi connectivity index (χ4n) is 1.89. The first kappa shape index (κ1) is 14.8. The van der Waals surface area contributed by atoms with Crippen molar-refractivity contribution in [1.82, 2.24) is 4.98 Å². The standard InChI is InChI=1S/C14H13F2N3O2/c1-9(10-3-5-12(15)13(16)7-10)18(2)14-6-4-11(8-17-14)19(20)21/h3-9H,1-2H3. The van der Waals surface area contributed by atoms with Crippen molar-refractivity contribution in [2.75, 3.05) is 11.9 Å². The Hall–Kier alpha value is -2.57. The van der Waals surface area contributed by atoms with E-state index in [4.69, 9.17) is 0 Å². The summed E-state index contributed by atoms with van der Waals surface area (Å²) in [6.45, 7) is 1.80. The van der Waals surface area contributed by atoms with E-state index in [1.54, 1.807) is 18.9 Å². The molecule has 0 aliphatic heterocycles. The van der Waals surface area contributed by atoms with Crippen LogP contribution in [0.5, 0.6) is 0 Å². The second-order valence-electron chi connectivity index (χ2n) is 4.59. The Balaban J connectivity index is 2.23. The Morgan fingerprint density at radius 2 is 1.95 bits per heavy atom. The third-order valence-corrected chi connectivity index (χ3v) is 3.31. The first-order valence-corrected chi connectivity index (χ1v) is 6.18. The largest absolute Gasteiger partial charge is 0.353 e. The van der Waals surface area contributed by atoms with Gasteiger partial charge in [-0.1, -0.05) is 6.07 Å². The second-order valence-corrected chi connectivity index (χ2v) is 4.59. The molecule has 0 saturated heterocycles. The van der Waals surface area contributed by atoms with Crippen LogP contribution in [0.25, 0.3) is 0 Å². The van der Waals surface area contributed by atoms with Crippen molar-refractivity contribution < 1.29 is 13.7 Å². The molecule has 2 rings (SSSR count). The number of rotatable bonds is 4. The highest BCUT2D eigenvalue weighted by molar-refractivity contribution is 5.44. The Kier molecular flexibility index (Phi) is 4.11. The van der Waals surface area contributed by atoms with Crippen LogP contribution in [0.1, 0.15) is 18.5 Å². The van der Waals surface area contributed by atoms with Gasteiger partial charge in [0.15, 0.2) is 11.6 Å². The summed E-state index contributed by atoms with van der Waals surface area (Å²) in [5.41, 5.74) is 0.476. The number of pyridine rings is 1. The average molecular weight is 293 g/mol. The minimum atomic E-state index is -0.913. The van der Waals surface area contributed by atoms with E-state index in [9.17, 15) is 18.9 Å². The molecule has 5 nitrogen and oxygen atoms in total. The molecule has 7 heteroatoms. The molecule has 0 N–H and O–H groups in total. The van der Waals surface area contributed by atoms with Crippen LogP contribution in [0.3, 0.4) is 0 Å². The van der Waals surface area contributed by atoms with Crippen molar-refractivity contribution in [3.05, 3.63) is 63.8 Å². The Morgan fingerprint density at radius 1 is 1.24 bits per heavy atom. The van der Waals surface area contributed by atoms with E-state index < -0.39 is 16.6 Å². The third-order valence-electron chi connectivity index (χ3n) is 3.31. The second kappa shape index (κ2) is 5.82.